The molecule has 1 amide bonds. The van der Waals surface area contributed by atoms with Gasteiger partial charge < -0.3 is 10.2 Å². The molecule has 0 saturated heterocycles. The highest BCUT2D eigenvalue weighted by Gasteiger charge is 2.13. The van der Waals surface area contributed by atoms with Gasteiger partial charge in [0, 0.05) is 11.1 Å². The topological polar surface area (TPSA) is 33.5 Å². The number of anilines is 1. The summed E-state index contributed by atoms with van der Waals surface area (Å²) in [6, 6.07) is 18.2. The Morgan fingerprint density at radius 3 is 2.70 bits per heavy atom. The van der Waals surface area contributed by atoms with E-state index >= 15 is 0 Å². The maximum atomic E-state index is 12.3. The normalized spacial score (nSPS) is 12.3. The molecule has 0 aliphatic rings. The maximum absolute atomic E-state index is 12.3. The zero-order valence-electron chi connectivity index (χ0n) is 12.8. The quantitative estimate of drug-likeness (QED) is 0.689. The highest BCUT2D eigenvalue weighted by atomic mass is 79.9. The maximum Gasteiger partial charge on any atom is 0.279 e. The number of quaternary nitrogens is 1. The van der Waals surface area contributed by atoms with Gasteiger partial charge in [0.15, 0.2) is 6.54 Å². The average Bonchev–Trinajstić information content (AvgIpc) is 2.92. The summed E-state index contributed by atoms with van der Waals surface area (Å²) < 4.78 is 1.13. The van der Waals surface area contributed by atoms with Gasteiger partial charge in [0.2, 0.25) is 0 Å². The molecule has 1 atom stereocenters. The van der Waals surface area contributed by atoms with Crippen molar-refractivity contribution >= 4 is 49.6 Å². The summed E-state index contributed by atoms with van der Waals surface area (Å²) in [7, 11) is 2.04. The number of rotatable bonds is 5. The molecule has 3 rings (SSSR count). The van der Waals surface area contributed by atoms with Gasteiger partial charge in [-0.25, -0.2) is 0 Å². The van der Waals surface area contributed by atoms with Gasteiger partial charge in [0.1, 0.15) is 6.54 Å². The number of likely N-dealkylation sites (N-methyl/N-ethyl adjacent to an activating group) is 1. The fourth-order valence-electron chi connectivity index (χ4n) is 2.61. The number of hydrogen-bond donors (Lipinski definition) is 2. The van der Waals surface area contributed by atoms with Crippen LogP contribution in [0.4, 0.5) is 5.69 Å². The van der Waals surface area contributed by atoms with Gasteiger partial charge in [0.05, 0.1) is 15.7 Å². The lowest BCUT2D eigenvalue weighted by Crippen LogP contribution is -3.08. The number of halogens is 1. The predicted molar refractivity (Wildman–Crippen MR) is 100 cm³/mol. The van der Waals surface area contributed by atoms with Crippen molar-refractivity contribution in [2.45, 2.75) is 6.54 Å². The number of thiophene rings is 1. The van der Waals surface area contributed by atoms with E-state index in [0.29, 0.717) is 6.54 Å². The van der Waals surface area contributed by atoms with E-state index in [1.165, 1.54) is 4.88 Å². The minimum atomic E-state index is 0.0366. The van der Waals surface area contributed by atoms with Crippen molar-refractivity contribution in [1.29, 1.82) is 0 Å². The molecule has 2 aromatic carbocycles. The minimum Gasteiger partial charge on any atom is -0.325 e. The molecule has 0 aliphatic carbocycles. The van der Waals surface area contributed by atoms with Crippen LogP contribution >= 0.6 is 27.3 Å². The zero-order chi connectivity index (χ0) is 16.2. The monoisotopic (exact) mass is 389 g/mol. The van der Waals surface area contributed by atoms with Crippen molar-refractivity contribution in [3.8, 4) is 0 Å². The van der Waals surface area contributed by atoms with Crippen molar-refractivity contribution in [2.24, 2.45) is 0 Å². The number of amides is 1. The van der Waals surface area contributed by atoms with Crippen LogP contribution in [0.15, 0.2) is 58.4 Å². The molecule has 0 fully saturated rings. The molecule has 0 bridgehead atoms. The molecule has 5 heteroatoms. The summed E-state index contributed by atoms with van der Waals surface area (Å²) in [6.07, 6.45) is 0. The largest absolute Gasteiger partial charge is 0.325 e. The minimum absolute atomic E-state index is 0.0366. The Morgan fingerprint density at radius 2 is 1.91 bits per heavy atom. The summed E-state index contributed by atoms with van der Waals surface area (Å²) >= 11 is 5.18. The Kier molecular flexibility index (Phi) is 5.10. The van der Waals surface area contributed by atoms with E-state index in [2.05, 4.69) is 39.4 Å². The van der Waals surface area contributed by atoms with E-state index in [1.807, 2.05) is 43.4 Å². The van der Waals surface area contributed by atoms with E-state index in [1.54, 1.807) is 11.3 Å². The van der Waals surface area contributed by atoms with Crippen LogP contribution in [0.5, 0.6) is 0 Å². The van der Waals surface area contributed by atoms with Gasteiger partial charge in [-0.1, -0.05) is 36.4 Å². The van der Waals surface area contributed by atoms with E-state index in [-0.39, 0.29) is 5.91 Å². The highest BCUT2D eigenvalue weighted by molar-refractivity contribution is 9.11. The van der Waals surface area contributed by atoms with E-state index in [0.717, 1.165) is 31.7 Å². The zero-order valence-corrected chi connectivity index (χ0v) is 15.2. The lowest BCUT2D eigenvalue weighted by Gasteiger charge is -2.13. The van der Waals surface area contributed by atoms with E-state index < -0.39 is 0 Å². The molecular formula is C18H18BrN2OS+. The van der Waals surface area contributed by atoms with Crippen LogP contribution in [0.1, 0.15) is 4.88 Å². The van der Waals surface area contributed by atoms with Crippen LogP contribution in [0.25, 0.3) is 10.8 Å². The molecule has 0 radical (unpaired) electrons. The molecule has 2 N–H and O–H groups in total. The van der Waals surface area contributed by atoms with Crippen molar-refractivity contribution in [3.63, 3.8) is 0 Å². The highest BCUT2D eigenvalue weighted by Crippen LogP contribution is 2.23. The van der Waals surface area contributed by atoms with Crippen molar-refractivity contribution in [3.05, 3.63) is 63.3 Å². The summed E-state index contributed by atoms with van der Waals surface area (Å²) in [5, 5.41) is 5.25. The molecule has 0 aliphatic heterocycles. The third kappa shape index (κ3) is 4.19. The molecule has 0 saturated carbocycles. The second kappa shape index (κ2) is 7.25. The lowest BCUT2D eigenvalue weighted by molar-refractivity contribution is -0.884. The van der Waals surface area contributed by atoms with Gasteiger partial charge in [0.25, 0.3) is 5.91 Å². The Hall–Kier alpha value is -1.69. The van der Waals surface area contributed by atoms with Gasteiger partial charge >= 0.3 is 0 Å². The van der Waals surface area contributed by atoms with Crippen LogP contribution < -0.4 is 10.2 Å². The number of hydrogen-bond acceptors (Lipinski definition) is 2. The first-order valence-corrected chi connectivity index (χ1v) is 9.06. The summed E-state index contributed by atoms with van der Waals surface area (Å²) in [6.45, 7) is 1.29. The average molecular weight is 390 g/mol. The first-order chi connectivity index (χ1) is 11.1. The Bertz CT molecular complexity index is 825. The van der Waals surface area contributed by atoms with Crippen molar-refractivity contribution in [2.75, 3.05) is 18.9 Å². The third-order valence-corrected chi connectivity index (χ3v) is 5.25. The van der Waals surface area contributed by atoms with Gasteiger partial charge in [-0.3, -0.25) is 4.79 Å². The molecule has 3 aromatic rings. The number of benzene rings is 2. The summed E-state index contributed by atoms with van der Waals surface area (Å²) in [4.78, 5) is 14.8. The Balaban J connectivity index is 1.64. The first-order valence-electron chi connectivity index (χ1n) is 7.45. The van der Waals surface area contributed by atoms with Crippen molar-refractivity contribution < 1.29 is 9.69 Å². The second-order valence-electron chi connectivity index (χ2n) is 5.59. The second-order valence-corrected chi connectivity index (χ2v) is 8.14. The third-order valence-electron chi connectivity index (χ3n) is 3.63. The predicted octanol–water partition coefficient (Wildman–Crippen LogP) is 3.32. The Morgan fingerprint density at radius 1 is 1.13 bits per heavy atom. The van der Waals surface area contributed by atoms with Crippen LogP contribution in [0, 0.1) is 0 Å². The van der Waals surface area contributed by atoms with E-state index in [9.17, 15) is 4.79 Å². The first kappa shape index (κ1) is 16.2. The van der Waals surface area contributed by atoms with Gasteiger partial charge in [-0.2, -0.15) is 0 Å². The lowest BCUT2D eigenvalue weighted by atomic mass is 10.1. The summed E-state index contributed by atoms with van der Waals surface area (Å²) in [5.74, 6) is 0.0366. The smallest absolute Gasteiger partial charge is 0.279 e. The number of fused-ring (bicyclic) bond motifs is 1. The molecule has 1 aromatic heterocycles. The Labute approximate surface area is 148 Å². The molecule has 23 heavy (non-hydrogen) atoms. The summed E-state index contributed by atoms with van der Waals surface area (Å²) in [5.41, 5.74) is 0.875. The molecule has 0 spiro atoms. The van der Waals surface area contributed by atoms with Crippen LogP contribution in [-0.4, -0.2) is 19.5 Å². The molecular weight excluding hydrogens is 372 g/mol. The van der Waals surface area contributed by atoms with Gasteiger partial charge in [-0.15, -0.1) is 11.3 Å². The number of nitrogens with one attached hydrogen (secondary N) is 2. The fourth-order valence-corrected chi connectivity index (χ4v) is 4.21. The van der Waals surface area contributed by atoms with Gasteiger partial charge in [-0.05, 0) is 39.5 Å². The fraction of sp³-hybridized carbons (Fsp3) is 0.167. The molecule has 118 valence electrons. The number of carbonyl (C=O) groups excluding carboxylic acids is 1. The van der Waals surface area contributed by atoms with E-state index in [4.69, 9.17) is 0 Å². The molecule has 3 nitrogen and oxygen atoms in total. The van der Waals surface area contributed by atoms with Crippen LogP contribution in [0.3, 0.4) is 0 Å². The number of carbonyl (C=O) groups is 1. The standard InChI is InChI=1S/C18H17BrN2OS/c1-21(11-14-9-10-17(19)23-14)12-18(22)20-16-8-4-6-13-5-2-3-7-15(13)16/h2-10H,11-12H2,1H3,(H,20,22)/p+1. The molecule has 1 unspecified atom stereocenters. The van der Waals surface area contributed by atoms with Crippen molar-refractivity contribution in [1.82, 2.24) is 0 Å². The van der Waals surface area contributed by atoms with Crippen LogP contribution in [0.2, 0.25) is 0 Å². The van der Waals surface area contributed by atoms with Crippen LogP contribution in [-0.2, 0) is 11.3 Å². The molecule has 1 heterocycles. The SMILES string of the molecule is C[NH+](CC(=O)Nc1cccc2ccccc12)Cc1ccc(Br)s1.